The third kappa shape index (κ3) is 2.97. The van der Waals surface area contributed by atoms with E-state index in [2.05, 4.69) is 37.2 Å². The molecule has 1 aromatic rings. The van der Waals surface area contributed by atoms with Gasteiger partial charge in [-0.3, -0.25) is 4.79 Å². The Morgan fingerprint density at radius 2 is 2.22 bits per heavy atom. The summed E-state index contributed by atoms with van der Waals surface area (Å²) < 4.78 is 0.899. The molecular formula is C14H17Br2NO. The number of halogens is 2. The van der Waals surface area contributed by atoms with Crippen molar-refractivity contribution in [1.82, 2.24) is 5.32 Å². The summed E-state index contributed by atoms with van der Waals surface area (Å²) in [5.41, 5.74) is 1.82. The highest BCUT2D eigenvalue weighted by atomic mass is 79.9. The van der Waals surface area contributed by atoms with Crippen LogP contribution in [0.15, 0.2) is 22.7 Å². The molecule has 0 aromatic heterocycles. The van der Waals surface area contributed by atoms with Crippen LogP contribution in [0.4, 0.5) is 0 Å². The minimum absolute atomic E-state index is 0.0309. The van der Waals surface area contributed by atoms with Crippen LogP contribution in [0.2, 0.25) is 0 Å². The maximum atomic E-state index is 12.3. The highest BCUT2D eigenvalue weighted by Crippen LogP contribution is 2.28. The van der Waals surface area contributed by atoms with Crippen molar-refractivity contribution in [3.05, 3.63) is 33.8 Å². The lowest BCUT2D eigenvalue weighted by atomic mass is 10.1. The van der Waals surface area contributed by atoms with Crippen LogP contribution in [-0.4, -0.2) is 17.3 Å². The van der Waals surface area contributed by atoms with Crippen molar-refractivity contribution in [2.24, 2.45) is 5.92 Å². The molecule has 0 radical (unpaired) electrons. The molecule has 0 aliphatic heterocycles. The maximum Gasteiger partial charge on any atom is 0.252 e. The van der Waals surface area contributed by atoms with Gasteiger partial charge in [-0.2, -0.15) is 0 Å². The van der Waals surface area contributed by atoms with E-state index in [0.717, 1.165) is 27.4 Å². The largest absolute Gasteiger partial charge is 0.349 e. The van der Waals surface area contributed by atoms with Crippen LogP contribution in [0.25, 0.3) is 0 Å². The van der Waals surface area contributed by atoms with Crippen LogP contribution in [0, 0.1) is 12.8 Å². The molecule has 2 rings (SSSR count). The van der Waals surface area contributed by atoms with Crippen LogP contribution >= 0.6 is 31.9 Å². The number of aryl methyl sites for hydroxylation is 1. The van der Waals surface area contributed by atoms with Crippen molar-refractivity contribution in [3.63, 3.8) is 0 Å². The predicted molar refractivity (Wildman–Crippen MR) is 81.3 cm³/mol. The van der Waals surface area contributed by atoms with E-state index in [-0.39, 0.29) is 5.91 Å². The lowest BCUT2D eigenvalue weighted by molar-refractivity contribution is 0.0929. The van der Waals surface area contributed by atoms with Crippen LogP contribution in [0.1, 0.15) is 35.2 Å². The molecule has 4 heteroatoms. The number of hydrogen-bond acceptors (Lipinski definition) is 1. The molecule has 1 saturated carbocycles. The molecule has 98 valence electrons. The molecule has 1 fully saturated rings. The minimum atomic E-state index is 0.0309. The molecule has 0 saturated heterocycles. The Hall–Kier alpha value is -0.350. The number of hydrogen-bond donors (Lipinski definition) is 1. The summed E-state index contributed by atoms with van der Waals surface area (Å²) in [4.78, 5) is 12.3. The topological polar surface area (TPSA) is 29.1 Å². The third-order valence-electron chi connectivity index (χ3n) is 3.61. The Kier molecular flexibility index (Phi) is 4.84. The molecule has 1 aromatic carbocycles. The summed E-state index contributed by atoms with van der Waals surface area (Å²) in [6.07, 6.45) is 3.49. The average Bonchev–Trinajstić information content (AvgIpc) is 2.79. The van der Waals surface area contributed by atoms with Gasteiger partial charge in [0.15, 0.2) is 0 Å². The summed E-state index contributed by atoms with van der Waals surface area (Å²) in [6.45, 7) is 2.00. The normalized spacial score (nSPS) is 23.1. The van der Waals surface area contributed by atoms with Crippen LogP contribution in [0.3, 0.4) is 0 Å². The van der Waals surface area contributed by atoms with Gasteiger partial charge in [0.25, 0.3) is 5.91 Å². The molecule has 2 unspecified atom stereocenters. The van der Waals surface area contributed by atoms with Crippen molar-refractivity contribution in [2.75, 3.05) is 5.33 Å². The van der Waals surface area contributed by atoms with Crippen molar-refractivity contribution < 1.29 is 4.79 Å². The fourth-order valence-corrected chi connectivity index (χ4v) is 3.70. The lowest BCUT2D eigenvalue weighted by Gasteiger charge is -2.19. The summed E-state index contributed by atoms with van der Waals surface area (Å²) in [5.74, 6) is 0.598. The fraction of sp³-hybridized carbons (Fsp3) is 0.500. The van der Waals surface area contributed by atoms with Gasteiger partial charge in [-0.1, -0.05) is 34.5 Å². The van der Waals surface area contributed by atoms with Gasteiger partial charge < -0.3 is 5.32 Å². The molecule has 2 atom stereocenters. The second kappa shape index (κ2) is 6.20. The molecule has 1 aliphatic rings. The third-order valence-corrected chi connectivity index (χ3v) is 5.49. The van der Waals surface area contributed by atoms with Gasteiger partial charge >= 0.3 is 0 Å². The zero-order valence-corrected chi connectivity index (χ0v) is 13.6. The number of benzene rings is 1. The Balaban J connectivity index is 2.10. The molecule has 2 nitrogen and oxygen atoms in total. The van der Waals surface area contributed by atoms with E-state index in [4.69, 9.17) is 0 Å². The molecule has 0 bridgehead atoms. The first-order chi connectivity index (χ1) is 8.63. The lowest BCUT2D eigenvalue weighted by Crippen LogP contribution is -2.38. The number of amides is 1. The van der Waals surface area contributed by atoms with Crippen LogP contribution in [-0.2, 0) is 0 Å². The zero-order valence-electron chi connectivity index (χ0n) is 10.4. The number of alkyl halides is 1. The van der Waals surface area contributed by atoms with Crippen molar-refractivity contribution in [2.45, 2.75) is 32.2 Å². The molecule has 18 heavy (non-hydrogen) atoms. The molecule has 0 heterocycles. The Labute approximate surface area is 125 Å². The van der Waals surface area contributed by atoms with Gasteiger partial charge in [-0.25, -0.2) is 0 Å². The van der Waals surface area contributed by atoms with E-state index >= 15 is 0 Å². The molecule has 0 spiro atoms. The van der Waals surface area contributed by atoms with E-state index < -0.39 is 0 Å². The van der Waals surface area contributed by atoms with Crippen molar-refractivity contribution in [3.8, 4) is 0 Å². The SMILES string of the molecule is Cc1cccc(C(=O)NC2CCCC2CBr)c1Br. The molecule has 1 amide bonds. The zero-order chi connectivity index (χ0) is 13.1. The first-order valence-electron chi connectivity index (χ1n) is 6.25. The van der Waals surface area contributed by atoms with Gasteiger partial charge in [0, 0.05) is 15.8 Å². The van der Waals surface area contributed by atoms with Gasteiger partial charge in [0.2, 0.25) is 0 Å². The Bertz CT molecular complexity index is 447. The van der Waals surface area contributed by atoms with Gasteiger partial charge in [0.1, 0.15) is 0 Å². The van der Waals surface area contributed by atoms with E-state index in [1.807, 2.05) is 25.1 Å². The van der Waals surface area contributed by atoms with Gasteiger partial charge in [-0.15, -0.1) is 0 Å². The number of carbonyl (C=O) groups excluding carboxylic acids is 1. The van der Waals surface area contributed by atoms with Crippen molar-refractivity contribution >= 4 is 37.8 Å². The van der Waals surface area contributed by atoms with E-state index in [0.29, 0.717) is 12.0 Å². The van der Waals surface area contributed by atoms with Crippen LogP contribution < -0.4 is 5.32 Å². The molecule has 1 N–H and O–H groups in total. The molecular weight excluding hydrogens is 358 g/mol. The fourth-order valence-electron chi connectivity index (χ4n) is 2.48. The average molecular weight is 375 g/mol. The highest BCUT2D eigenvalue weighted by Gasteiger charge is 2.28. The van der Waals surface area contributed by atoms with Gasteiger partial charge in [-0.05, 0) is 53.2 Å². The Morgan fingerprint density at radius 3 is 2.94 bits per heavy atom. The molecule has 1 aliphatic carbocycles. The highest BCUT2D eigenvalue weighted by molar-refractivity contribution is 9.10. The number of rotatable bonds is 3. The maximum absolute atomic E-state index is 12.3. The quantitative estimate of drug-likeness (QED) is 0.794. The summed E-state index contributed by atoms with van der Waals surface area (Å²) in [5, 5.41) is 4.13. The first kappa shape index (κ1) is 14.1. The van der Waals surface area contributed by atoms with E-state index in [1.165, 1.54) is 12.8 Å². The first-order valence-corrected chi connectivity index (χ1v) is 8.17. The Morgan fingerprint density at radius 1 is 1.44 bits per heavy atom. The monoisotopic (exact) mass is 373 g/mol. The van der Waals surface area contributed by atoms with E-state index in [9.17, 15) is 4.79 Å². The standard InChI is InChI=1S/C14H17Br2NO/c1-9-4-2-6-11(13(9)16)14(18)17-12-7-3-5-10(12)8-15/h2,4,6,10,12H,3,5,7-8H2,1H3,(H,17,18). The summed E-state index contributed by atoms with van der Waals surface area (Å²) in [7, 11) is 0. The minimum Gasteiger partial charge on any atom is -0.349 e. The number of nitrogens with one attached hydrogen (secondary N) is 1. The summed E-state index contributed by atoms with van der Waals surface area (Å²) >= 11 is 7.02. The second-order valence-electron chi connectivity index (χ2n) is 4.86. The van der Waals surface area contributed by atoms with Crippen molar-refractivity contribution in [1.29, 1.82) is 0 Å². The van der Waals surface area contributed by atoms with Crippen LogP contribution in [0.5, 0.6) is 0 Å². The smallest absolute Gasteiger partial charge is 0.252 e. The summed E-state index contributed by atoms with van der Waals surface area (Å²) in [6, 6.07) is 6.10. The van der Waals surface area contributed by atoms with Gasteiger partial charge in [0.05, 0.1) is 5.56 Å². The predicted octanol–water partition coefficient (Wildman–Crippen LogP) is 4.05. The number of carbonyl (C=O) groups is 1. The second-order valence-corrected chi connectivity index (χ2v) is 6.30. The van der Waals surface area contributed by atoms with E-state index in [1.54, 1.807) is 0 Å².